The molecule has 0 N–H and O–H groups in total. The molecule has 0 fully saturated rings. The Bertz CT molecular complexity index is 8490. The van der Waals surface area contributed by atoms with E-state index in [0.29, 0.717) is 0 Å². The summed E-state index contributed by atoms with van der Waals surface area (Å²) in [5.74, 6) is 0. The van der Waals surface area contributed by atoms with Gasteiger partial charge in [0, 0.05) is 55.6 Å². The quantitative estimate of drug-likeness (QED) is 0.144. The van der Waals surface area contributed by atoms with Gasteiger partial charge in [0.25, 0.3) is 0 Å². The van der Waals surface area contributed by atoms with Gasteiger partial charge < -0.3 is 14.2 Å². The second kappa shape index (κ2) is 27.3. The lowest BCUT2D eigenvalue weighted by molar-refractivity contribution is 0.660. The summed E-state index contributed by atoms with van der Waals surface area (Å²) in [5.41, 5.74) is 51.5. The zero-order valence-electron chi connectivity index (χ0n) is 71.5. The van der Waals surface area contributed by atoms with E-state index >= 15 is 0 Å². The molecule has 0 aliphatic heterocycles. The van der Waals surface area contributed by atoms with Crippen molar-refractivity contribution >= 4 is 77.6 Å². The number of hydrogen-bond donors (Lipinski definition) is 0. The van der Waals surface area contributed by atoms with Crippen LogP contribution in [0.5, 0.6) is 0 Å². The predicted molar refractivity (Wildman–Crippen MR) is 540 cm³/mol. The van der Waals surface area contributed by atoms with Crippen molar-refractivity contribution in [1.29, 1.82) is 0 Å². The van der Waals surface area contributed by atoms with Crippen LogP contribution in [0.2, 0.25) is 0 Å². The van der Waals surface area contributed by atoms with Gasteiger partial charge in [0.15, 0.2) is 0 Å². The van der Waals surface area contributed by atoms with Crippen molar-refractivity contribution in [2.75, 3.05) is 9.80 Å². The van der Waals surface area contributed by atoms with Crippen LogP contribution in [-0.2, 0) is 16.2 Å². The van der Waals surface area contributed by atoms with Gasteiger partial charge in [-0.25, -0.2) is 0 Å². The van der Waals surface area contributed by atoms with Gasteiger partial charge in [0.1, 0.15) is 11.2 Å². The molecule has 7 aliphatic rings. The van der Waals surface area contributed by atoms with Gasteiger partial charge in [-0.1, -0.05) is 396 Å². The van der Waals surface area contributed by atoms with Crippen LogP contribution < -0.4 is 9.80 Å². The van der Waals surface area contributed by atoms with E-state index in [2.05, 4.69) is 473 Å². The van der Waals surface area contributed by atoms with Crippen LogP contribution in [0.1, 0.15) is 69.5 Å². The summed E-state index contributed by atoms with van der Waals surface area (Å²) < 4.78 is 6.86. The van der Waals surface area contributed by atoms with Crippen molar-refractivity contribution in [1.82, 2.24) is 0 Å². The fraction of sp³-hybridized carbons (Fsp3) is 0.0394. The van der Waals surface area contributed by atoms with Gasteiger partial charge in [-0.3, -0.25) is 0 Å². The minimum absolute atomic E-state index is 0.114. The van der Waals surface area contributed by atoms with Crippen LogP contribution in [0.3, 0.4) is 0 Å². The highest BCUT2D eigenvalue weighted by molar-refractivity contribution is 6.22. The molecule has 0 amide bonds. The number of para-hydroxylation sites is 1. The molecule has 1 aromatic heterocycles. The van der Waals surface area contributed by atoms with Crippen molar-refractivity contribution in [3.05, 3.63) is 505 Å². The Hall–Kier alpha value is -16.5. The maximum atomic E-state index is 6.86. The van der Waals surface area contributed by atoms with Gasteiger partial charge >= 0.3 is 0 Å². The average Bonchev–Trinajstić information content (AvgIpc) is 1.51. The molecule has 0 saturated carbocycles. The number of furan rings is 1. The van der Waals surface area contributed by atoms with E-state index in [4.69, 9.17) is 4.42 Å². The number of anilines is 6. The first-order valence-corrected chi connectivity index (χ1v) is 45.5. The second-order valence-electron chi connectivity index (χ2n) is 36.5. The molecule has 29 rings (SSSR count). The Balaban J connectivity index is 0.000000135. The van der Waals surface area contributed by atoms with Crippen molar-refractivity contribution in [3.8, 4) is 134 Å². The average molecular weight is 1650 g/mol. The third-order valence-corrected chi connectivity index (χ3v) is 30.1. The number of fused-ring (bicyclic) bond motifs is 32. The molecule has 3 heteroatoms. The first kappa shape index (κ1) is 72.8. The number of rotatable bonds is 9. The van der Waals surface area contributed by atoms with Gasteiger partial charge in [-0.15, -0.1) is 0 Å². The highest BCUT2D eigenvalue weighted by Gasteiger charge is 2.55. The van der Waals surface area contributed by atoms with Crippen molar-refractivity contribution in [2.24, 2.45) is 0 Å². The molecule has 21 aromatic carbocycles. The summed E-state index contributed by atoms with van der Waals surface area (Å²) in [4.78, 5) is 5.01. The lowest BCUT2D eigenvalue weighted by Crippen LogP contribution is -2.26. The minimum Gasteiger partial charge on any atom is -0.455 e. The lowest BCUT2D eigenvalue weighted by Gasteiger charge is -2.33. The molecule has 130 heavy (non-hydrogen) atoms. The fourth-order valence-electron chi connectivity index (χ4n) is 24.8. The monoisotopic (exact) mass is 1650 g/mol. The van der Waals surface area contributed by atoms with Gasteiger partial charge in [0.05, 0.1) is 22.2 Å². The molecule has 3 nitrogen and oxygen atoms in total. The molecule has 1 heterocycles. The van der Waals surface area contributed by atoms with Crippen LogP contribution in [0.4, 0.5) is 34.1 Å². The predicted octanol–water partition coefficient (Wildman–Crippen LogP) is 33.8. The highest BCUT2D eigenvalue weighted by Crippen LogP contribution is 2.68. The molecular formula is C127H80N2O. The normalized spacial score (nSPS) is 13.8. The molecule has 0 bridgehead atoms. The van der Waals surface area contributed by atoms with Gasteiger partial charge in [-0.05, 0) is 261 Å². The van der Waals surface area contributed by atoms with Crippen molar-refractivity contribution in [2.45, 2.75) is 30.1 Å². The largest absolute Gasteiger partial charge is 0.455 e. The van der Waals surface area contributed by atoms with Crippen molar-refractivity contribution in [3.63, 3.8) is 0 Å². The minimum atomic E-state index is -0.480. The van der Waals surface area contributed by atoms with Crippen LogP contribution in [0.25, 0.3) is 177 Å². The Morgan fingerprint density at radius 2 is 0.508 bits per heavy atom. The Morgan fingerprint density at radius 1 is 0.185 bits per heavy atom. The van der Waals surface area contributed by atoms with E-state index in [1.807, 2.05) is 0 Å². The van der Waals surface area contributed by atoms with Crippen LogP contribution in [0.15, 0.2) is 453 Å². The zero-order valence-corrected chi connectivity index (χ0v) is 71.5. The summed E-state index contributed by atoms with van der Waals surface area (Å²) in [5, 5.41) is 7.41. The first-order valence-electron chi connectivity index (χ1n) is 45.5. The summed E-state index contributed by atoms with van der Waals surface area (Å²) in [6, 6.07) is 168. The molecule has 0 saturated heterocycles. The molecule has 7 aliphatic carbocycles. The third kappa shape index (κ3) is 9.82. The van der Waals surface area contributed by atoms with Gasteiger partial charge in [-0.2, -0.15) is 0 Å². The third-order valence-electron chi connectivity index (χ3n) is 30.1. The van der Waals surface area contributed by atoms with E-state index in [1.54, 1.807) is 0 Å². The van der Waals surface area contributed by atoms with Gasteiger partial charge in [0.2, 0.25) is 0 Å². The maximum Gasteiger partial charge on any atom is 0.143 e. The number of benzene rings is 21. The topological polar surface area (TPSA) is 19.6 Å². The maximum absolute atomic E-state index is 6.86. The smallest absolute Gasteiger partial charge is 0.143 e. The Labute approximate surface area is 754 Å². The highest BCUT2D eigenvalue weighted by atomic mass is 16.3. The molecule has 0 unspecified atom stereocenters. The Morgan fingerprint density at radius 3 is 1.03 bits per heavy atom. The summed E-state index contributed by atoms with van der Waals surface area (Å²) in [7, 11) is 0. The molecule has 604 valence electrons. The van der Waals surface area contributed by atoms with E-state index in [9.17, 15) is 0 Å². The van der Waals surface area contributed by atoms with Crippen LogP contribution in [-0.4, -0.2) is 0 Å². The summed E-state index contributed by atoms with van der Waals surface area (Å²) >= 11 is 0. The molecule has 2 spiro atoms. The van der Waals surface area contributed by atoms with E-state index in [1.165, 1.54) is 211 Å². The fourth-order valence-corrected chi connectivity index (χ4v) is 24.8. The molecule has 0 atom stereocenters. The first-order chi connectivity index (χ1) is 64.3. The Kier molecular flexibility index (Phi) is 15.3. The second-order valence-corrected chi connectivity index (χ2v) is 36.5. The van der Waals surface area contributed by atoms with Crippen molar-refractivity contribution < 1.29 is 4.42 Å². The van der Waals surface area contributed by atoms with Crippen LogP contribution in [0, 0.1) is 0 Å². The van der Waals surface area contributed by atoms with E-state index in [-0.39, 0.29) is 5.41 Å². The van der Waals surface area contributed by atoms with E-state index < -0.39 is 10.8 Å². The lowest BCUT2D eigenvalue weighted by atomic mass is 9.70. The standard InChI is InChI=1S/C72H43N.C55H37NO/c1-2-18-49-48(17-1)57-26-15-25-56-47(41-42-58(49)69(56)57)44-35-37-45(38-36-44)73(46-39-40-55-54-23-7-13-31-64(54)72(67(55)43-46)62-29-11-5-21-52(62)53-22-6-12-30-63(53)72)68-34-16-33-66-70(68)59-24-8-14-32-65(59)71(66)60-27-9-3-19-50(60)51-20-4-10-28-61(51)71;1-55(2)48-22-9-8-17-46(48)53-49(55)23-12-24-50(53)56(36-27-25-35(26-28-36)34-13-4-3-5-14-34)37-29-32-51-47(33-37)45-21-11-20-44(54(45)57-51)40-30-31-43-39-16-7-6-15-38(39)41-18-10-19-42(40)52(41)43/h1-43H;3-33H,1-2H3. The number of nitrogens with zero attached hydrogens (tertiary/aromatic N) is 2. The SMILES string of the molecule is CC1(C)c2ccccc2-c2c(N(c3ccc(-c4ccccc4)cc3)c3ccc4oc5c(-c6ccc7c8c(cccc68)-c6ccccc6-7)cccc5c4c3)cccc21.c1ccc2c(c1)-c1cccc3c(-c4ccc(N(c5ccc6c(c5)C5(c7ccccc7-c7ccccc75)c5ccccc5-6)c5cccc6c5-c5ccccc5C65c6ccccc6-c6ccccc65)cc4)ccc-2c13. The molecular weight excluding hydrogens is 1570 g/mol. The van der Waals surface area contributed by atoms with Crippen LogP contribution >= 0.6 is 0 Å². The molecule has 0 radical (unpaired) electrons. The number of hydrogen-bond acceptors (Lipinski definition) is 3. The molecule has 22 aromatic rings. The summed E-state index contributed by atoms with van der Waals surface area (Å²) in [6.45, 7) is 4.70. The summed E-state index contributed by atoms with van der Waals surface area (Å²) in [6.07, 6.45) is 0. The zero-order chi connectivity index (χ0) is 85.4. The van der Waals surface area contributed by atoms with E-state index in [0.717, 1.165) is 55.9 Å².